The molecule has 13 heteroatoms. The third-order valence-electron chi connectivity index (χ3n) is 7.14. The highest BCUT2D eigenvalue weighted by Gasteiger charge is 2.51. The molecule has 10 nitrogen and oxygen atoms in total. The zero-order valence-electron chi connectivity index (χ0n) is 22.4. The van der Waals surface area contributed by atoms with Gasteiger partial charge in [-0.15, -0.1) is 0 Å². The van der Waals surface area contributed by atoms with Gasteiger partial charge in [-0.3, -0.25) is 19.0 Å². The van der Waals surface area contributed by atoms with Gasteiger partial charge in [0.2, 0.25) is 21.8 Å². The Morgan fingerprint density at radius 3 is 2.29 bits per heavy atom. The van der Waals surface area contributed by atoms with E-state index >= 15 is 4.39 Å². The number of hydrogen-bond donors (Lipinski definition) is 3. The van der Waals surface area contributed by atoms with E-state index < -0.39 is 45.1 Å². The van der Waals surface area contributed by atoms with Crippen LogP contribution < -0.4 is 16.2 Å². The highest BCUT2D eigenvalue weighted by molar-refractivity contribution is 7.89. The molecule has 0 aliphatic heterocycles. The van der Waals surface area contributed by atoms with Crippen LogP contribution in [0.3, 0.4) is 0 Å². The average Bonchev–Trinajstić information content (AvgIpc) is 3.29. The first-order chi connectivity index (χ1) is 19.3. The Hall–Kier alpha value is -3.58. The quantitative estimate of drug-likeness (QED) is 0.343. The largest absolute Gasteiger partial charge is 0.388 e. The van der Waals surface area contributed by atoms with Crippen molar-refractivity contribution in [1.29, 1.82) is 0 Å². The van der Waals surface area contributed by atoms with Crippen molar-refractivity contribution in [3.63, 3.8) is 0 Å². The molecular formula is C28H30ClFN4O6S. The Morgan fingerprint density at radius 1 is 1.07 bits per heavy atom. The van der Waals surface area contributed by atoms with Gasteiger partial charge in [0.25, 0.3) is 5.56 Å². The molecule has 1 heterocycles. The van der Waals surface area contributed by atoms with Gasteiger partial charge in [0.1, 0.15) is 5.82 Å². The summed E-state index contributed by atoms with van der Waals surface area (Å²) in [7, 11) is -2.33. The number of nitrogens with one attached hydrogen (secondary N) is 2. The molecule has 3 atom stereocenters. The fourth-order valence-electron chi connectivity index (χ4n) is 4.99. The second-order valence-electron chi connectivity index (χ2n) is 10.1. The topological polar surface area (TPSA) is 138 Å². The van der Waals surface area contributed by atoms with Crippen LogP contribution in [0, 0.1) is 17.7 Å². The Kier molecular flexibility index (Phi) is 8.97. The standard InChI is InChI=1S/C28H30ClFN4O6S/c1-3-41(39,40)33(2)17-28(38)15-21(26(36)31-19-9-7-18(29)8-10-19)22(16-28)27(37)32-24-12-11-20(14-23(24)30)34-13-5-4-6-25(34)35/h4-14,21-22,38H,3,15-17H2,1-2H3,(H,31,36)(H,32,37). The van der Waals surface area contributed by atoms with E-state index in [0.29, 0.717) is 10.7 Å². The zero-order valence-corrected chi connectivity index (χ0v) is 24.0. The second-order valence-corrected chi connectivity index (χ2v) is 12.9. The van der Waals surface area contributed by atoms with E-state index in [9.17, 15) is 27.9 Å². The SMILES string of the molecule is CCS(=O)(=O)N(C)CC1(O)CC(C(=O)Nc2ccc(Cl)cc2)C(C(=O)Nc2ccc(-n3ccccc3=O)cc2F)C1. The van der Waals surface area contributed by atoms with Gasteiger partial charge in [0, 0.05) is 42.6 Å². The molecule has 218 valence electrons. The molecule has 3 N–H and O–H groups in total. The minimum atomic E-state index is -3.65. The van der Waals surface area contributed by atoms with Crippen molar-refractivity contribution in [3.05, 3.63) is 88.1 Å². The smallest absolute Gasteiger partial charge is 0.255 e. The van der Waals surface area contributed by atoms with E-state index in [2.05, 4.69) is 10.6 Å². The normalized spacial score (nSPS) is 20.6. The predicted octanol–water partition coefficient (Wildman–Crippen LogP) is 3.25. The van der Waals surface area contributed by atoms with Gasteiger partial charge in [0.15, 0.2) is 0 Å². The lowest BCUT2D eigenvalue weighted by Gasteiger charge is -2.28. The number of halogens is 2. The number of aromatic nitrogens is 1. The van der Waals surface area contributed by atoms with Crippen molar-refractivity contribution in [2.45, 2.75) is 25.4 Å². The van der Waals surface area contributed by atoms with Gasteiger partial charge in [-0.1, -0.05) is 17.7 Å². The minimum Gasteiger partial charge on any atom is -0.388 e. The summed E-state index contributed by atoms with van der Waals surface area (Å²) in [5.74, 6) is -4.45. The summed E-state index contributed by atoms with van der Waals surface area (Å²) < 4.78 is 42.0. The molecule has 3 aromatic rings. The Balaban J connectivity index is 1.58. The van der Waals surface area contributed by atoms with Crippen LogP contribution in [-0.2, 0) is 19.6 Å². The molecule has 0 saturated heterocycles. The lowest BCUT2D eigenvalue weighted by Crippen LogP contribution is -2.43. The maximum absolute atomic E-state index is 15.0. The van der Waals surface area contributed by atoms with Gasteiger partial charge in [-0.2, -0.15) is 0 Å². The van der Waals surface area contributed by atoms with Gasteiger partial charge < -0.3 is 15.7 Å². The molecule has 1 aliphatic carbocycles. The Labute approximate surface area is 241 Å². The summed E-state index contributed by atoms with van der Waals surface area (Å²) in [4.78, 5) is 38.9. The van der Waals surface area contributed by atoms with Crippen LogP contribution in [0.25, 0.3) is 5.69 Å². The monoisotopic (exact) mass is 604 g/mol. The number of sulfonamides is 1. The first-order valence-electron chi connectivity index (χ1n) is 12.8. The number of pyridine rings is 1. The van der Waals surface area contributed by atoms with Crippen LogP contribution in [0.5, 0.6) is 0 Å². The number of carbonyl (C=O) groups is 2. The summed E-state index contributed by atoms with van der Waals surface area (Å²) in [6, 6.07) is 14.7. The third kappa shape index (κ3) is 7.02. The summed E-state index contributed by atoms with van der Waals surface area (Å²) in [5.41, 5.74) is -1.57. The van der Waals surface area contributed by atoms with Gasteiger partial charge in [-0.25, -0.2) is 17.1 Å². The molecule has 0 spiro atoms. The lowest BCUT2D eigenvalue weighted by atomic mass is 9.94. The van der Waals surface area contributed by atoms with Gasteiger partial charge >= 0.3 is 0 Å². The highest BCUT2D eigenvalue weighted by Crippen LogP contribution is 2.42. The number of hydrogen-bond acceptors (Lipinski definition) is 6. The molecule has 0 bridgehead atoms. The maximum Gasteiger partial charge on any atom is 0.255 e. The number of amides is 2. The van der Waals surface area contributed by atoms with E-state index in [1.165, 1.54) is 42.9 Å². The molecule has 1 fully saturated rings. The molecule has 0 radical (unpaired) electrons. The molecule has 4 rings (SSSR count). The third-order valence-corrected chi connectivity index (χ3v) is 9.20. The van der Waals surface area contributed by atoms with Crippen LogP contribution in [0.15, 0.2) is 71.7 Å². The van der Waals surface area contributed by atoms with Gasteiger partial charge in [-0.05, 0) is 62.2 Å². The van der Waals surface area contributed by atoms with E-state index in [0.717, 1.165) is 10.4 Å². The molecule has 1 aliphatic rings. The van der Waals surface area contributed by atoms with Crippen LogP contribution in [0.1, 0.15) is 19.8 Å². The number of aliphatic hydroxyl groups is 1. The Bertz CT molecular complexity index is 1610. The van der Waals surface area contributed by atoms with Crippen molar-refractivity contribution in [2.24, 2.45) is 11.8 Å². The second kappa shape index (κ2) is 12.1. The van der Waals surface area contributed by atoms with Crippen molar-refractivity contribution < 1.29 is 27.5 Å². The molecule has 2 amide bonds. The van der Waals surface area contributed by atoms with Crippen LogP contribution in [-0.4, -0.2) is 59.2 Å². The van der Waals surface area contributed by atoms with E-state index in [1.54, 1.807) is 36.4 Å². The molecule has 3 unspecified atom stereocenters. The fourth-order valence-corrected chi connectivity index (χ4v) is 5.99. The van der Waals surface area contributed by atoms with Crippen molar-refractivity contribution in [2.75, 3.05) is 30.0 Å². The van der Waals surface area contributed by atoms with Crippen LogP contribution in [0.2, 0.25) is 5.02 Å². The summed E-state index contributed by atoms with van der Waals surface area (Å²) >= 11 is 5.92. The van der Waals surface area contributed by atoms with Crippen molar-refractivity contribution >= 4 is 44.8 Å². The summed E-state index contributed by atoms with van der Waals surface area (Å²) in [6.45, 7) is 1.14. The van der Waals surface area contributed by atoms with Crippen molar-refractivity contribution in [1.82, 2.24) is 8.87 Å². The van der Waals surface area contributed by atoms with Crippen LogP contribution >= 0.6 is 11.6 Å². The van der Waals surface area contributed by atoms with E-state index in [-0.39, 0.29) is 42.1 Å². The summed E-state index contributed by atoms with van der Waals surface area (Å²) in [5, 5.41) is 17.0. The fraction of sp³-hybridized carbons (Fsp3) is 0.321. The molecule has 1 aromatic heterocycles. The van der Waals surface area contributed by atoms with Crippen molar-refractivity contribution in [3.8, 4) is 5.69 Å². The predicted molar refractivity (Wildman–Crippen MR) is 154 cm³/mol. The number of carbonyl (C=O) groups excluding carboxylic acids is 2. The minimum absolute atomic E-state index is 0.180. The van der Waals surface area contributed by atoms with Crippen LogP contribution in [0.4, 0.5) is 15.8 Å². The summed E-state index contributed by atoms with van der Waals surface area (Å²) in [6.07, 6.45) is 1.04. The number of likely N-dealkylation sites (N-methyl/N-ethyl adjacent to an activating group) is 1. The number of anilines is 2. The number of nitrogens with zero attached hydrogens (tertiary/aromatic N) is 2. The first-order valence-corrected chi connectivity index (χ1v) is 14.8. The highest BCUT2D eigenvalue weighted by atomic mass is 35.5. The molecule has 2 aromatic carbocycles. The zero-order chi connectivity index (χ0) is 29.9. The van der Waals surface area contributed by atoms with Gasteiger partial charge in [0.05, 0.1) is 34.6 Å². The molecular weight excluding hydrogens is 575 g/mol. The number of benzene rings is 2. The first kappa shape index (κ1) is 30.4. The van der Waals surface area contributed by atoms with E-state index in [1.807, 2.05) is 0 Å². The number of rotatable bonds is 9. The molecule has 41 heavy (non-hydrogen) atoms. The average molecular weight is 605 g/mol. The maximum atomic E-state index is 15.0. The Morgan fingerprint density at radius 2 is 1.71 bits per heavy atom. The molecule has 1 saturated carbocycles. The lowest BCUT2D eigenvalue weighted by molar-refractivity contribution is -0.128. The van der Waals surface area contributed by atoms with E-state index in [4.69, 9.17) is 11.6 Å².